The molecule has 1 aromatic carbocycles. The number of aryl methyl sites for hydroxylation is 1. The van der Waals surface area contributed by atoms with Gasteiger partial charge < -0.3 is 10.2 Å². The number of piperazine rings is 1. The predicted molar refractivity (Wildman–Crippen MR) is 69.4 cm³/mol. The molecule has 1 fully saturated rings. The lowest BCUT2D eigenvalue weighted by molar-refractivity contribution is 0.0735. The Hall–Kier alpha value is -1.35. The number of hydrogen-bond donors (Lipinski definition) is 1. The molecule has 1 heterocycles. The quantitative estimate of drug-likeness (QED) is 0.798. The molecule has 1 saturated heterocycles. The summed E-state index contributed by atoms with van der Waals surface area (Å²) in [6.07, 6.45) is 0. The largest absolute Gasteiger partial charge is 0.336 e. The second-order valence-electron chi connectivity index (χ2n) is 4.72. The summed E-state index contributed by atoms with van der Waals surface area (Å²) in [5.41, 5.74) is 4.45. The van der Waals surface area contributed by atoms with E-state index in [0.717, 1.165) is 37.3 Å². The van der Waals surface area contributed by atoms with Crippen LogP contribution in [0.25, 0.3) is 0 Å². The Bertz CT molecular complexity index is 434. The van der Waals surface area contributed by atoms with Gasteiger partial charge in [0.1, 0.15) is 0 Å². The van der Waals surface area contributed by atoms with Gasteiger partial charge in [0, 0.05) is 31.7 Å². The molecular weight excluding hydrogens is 212 g/mol. The summed E-state index contributed by atoms with van der Waals surface area (Å²) in [6.45, 7) is 9.63. The number of amides is 1. The first kappa shape index (κ1) is 12.1. The average molecular weight is 232 g/mol. The second kappa shape index (κ2) is 4.88. The lowest BCUT2D eigenvalue weighted by atomic mass is 9.98. The molecular formula is C14H20N2O. The summed E-state index contributed by atoms with van der Waals surface area (Å²) in [5, 5.41) is 3.26. The summed E-state index contributed by atoms with van der Waals surface area (Å²) < 4.78 is 0. The van der Waals surface area contributed by atoms with Crippen molar-refractivity contribution in [1.82, 2.24) is 10.2 Å². The number of carbonyl (C=O) groups is 1. The monoisotopic (exact) mass is 232 g/mol. The topological polar surface area (TPSA) is 32.3 Å². The minimum Gasteiger partial charge on any atom is -0.336 e. The van der Waals surface area contributed by atoms with Crippen molar-refractivity contribution < 1.29 is 4.79 Å². The molecule has 1 aliphatic rings. The minimum absolute atomic E-state index is 0.173. The molecule has 17 heavy (non-hydrogen) atoms. The summed E-state index contributed by atoms with van der Waals surface area (Å²) in [6, 6.07) is 4.00. The predicted octanol–water partition coefficient (Wildman–Crippen LogP) is 1.66. The lowest BCUT2D eigenvalue weighted by Gasteiger charge is -2.28. The number of nitrogens with zero attached hydrogens (tertiary/aromatic N) is 1. The Labute approximate surface area is 103 Å². The molecule has 1 N–H and O–H groups in total. The number of rotatable bonds is 1. The van der Waals surface area contributed by atoms with Gasteiger partial charge in [0.25, 0.3) is 5.91 Å². The Morgan fingerprint density at radius 2 is 1.76 bits per heavy atom. The van der Waals surface area contributed by atoms with E-state index in [9.17, 15) is 4.79 Å². The van der Waals surface area contributed by atoms with Gasteiger partial charge in [-0.25, -0.2) is 0 Å². The van der Waals surface area contributed by atoms with Crippen molar-refractivity contribution in [2.24, 2.45) is 0 Å². The van der Waals surface area contributed by atoms with Crippen LogP contribution in [0.15, 0.2) is 12.1 Å². The van der Waals surface area contributed by atoms with Crippen LogP contribution in [0.5, 0.6) is 0 Å². The highest BCUT2D eigenvalue weighted by atomic mass is 16.2. The Balaban J connectivity index is 2.27. The molecule has 0 atom stereocenters. The molecule has 0 aromatic heterocycles. The van der Waals surface area contributed by atoms with Crippen LogP contribution in [-0.4, -0.2) is 37.0 Å². The molecule has 92 valence electrons. The average Bonchev–Trinajstić information content (AvgIpc) is 2.36. The van der Waals surface area contributed by atoms with E-state index >= 15 is 0 Å². The van der Waals surface area contributed by atoms with Crippen molar-refractivity contribution in [2.45, 2.75) is 20.8 Å². The van der Waals surface area contributed by atoms with E-state index in [-0.39, 0.29) is 5.91 Å². The highest BCUT2D eigenvalue weighted by Gasteiger charge is 2.20. The van der Waals surface area contributed by atoms with Crippen LogP contribution in [0.3, 0.4) is 0 Å². The number of benzene rings is 1. The van der Waals surface area contributed by atoms with E-state index < -0.39 is 0 Å². The van der Waals surface area contributed by atoms with Crippen LogP contribution in [0.4, 0.5) is 0 Å². The smallest absolute Gasteiger partial charge is 0.254 e. The van der Waals surface area contributed by atoms with Crippen LogP contribution in [-0.2, 0) is 0 Å². The number of nitrogens with one attached hydrogen (secondary N) is 1. The van der Waals surface area contributed by atoms with Crippen molar-refractivity contribution in [1.29, 1.82) is 0 Å². The van der Waals surface area contributed by atoms with Crippen LogP contribution < -0.4 is 5.32 Å². The Morgan fingerprint density at radius 1 is 1.12 bits per heavy atom. The van der Waals surface area contributed by atoms with Crippen LogP contribution in [0.1, 0.15) is 27.0 Å². The maximum Gasteiger partial charge on any atom is 0.254 e. The van der Waals surface area contributed by atoms with E-state index in [4.69, 9.17) is 0 Å². The van der Waals surface area contributed by atoms with Crippen molar-refractivity contribution in [3.05, 3.63) is 34.4 Å². The van der Waals surface area contributed by atoms with Crippen molar-refractivity contribution in [2.75, 3.05) is 26.2 Å². The van der Waals surface area contributed by atoms with E-state index in [2.05, 4.69) is 19.2 Å². The number of hydrogen-bond acceptors (Lipinski definition) is 2. The van der Waals surface area contributed by atoms with Gasteiger partial charge in [0.15, 0.2) is 0 Å². The van der Waals surface area contributed by atoms with Crippen LogP contribution in [0, 0.1) is 20.8 Å². The zero-order chi connectivity index (χ0) is 12.4. The summed E-state index contributed by atoms with van der Waals surface area (Å²) >= 11 is 0. The first-order valence-corrected chi connectivity index (χ1v) is 6.18. The van der Waals surface area contributed by atoms with Crippen molar-refractivity contribution in [3.8, 4) is 0 Å². The fourth-order valence-electron chi connectivity index (χ4n) is 2.23. The second-order valence-corrected chi connectivity index (χ2v) is 4.72. The van der Waals surface area contributed by atoms with Crippen molar-refractivity contribution >= 4 is 5.91 Å². The molecule has 1 aromatic rings. The molecule has 1 amide bonds. The highest BCUT2D eigenvalue weighted by molar-refractivity contribution is 5.96. The van der Waals surface area contributed by atoms with Crippen LogP contribution >= 0.6 is 0 Å². The fourth-order valence-corrected chi connectivity index (χ4v) is 2.23. The molecule has 3 heteroatoms. The molecule has 1 aliphatic heterocycles. The molecule has 0 unspecified atom stereocenters. The molecule has 0 bridgehead atoms. The van der Waals surface area contributed by atoms with Gasteiger partial charge in [-0.3, -0.25) is 4.79 Å². The minimum atomic E-state index is 0.173. The van der Waals surface area contributed by atoms with Gasteiger partial charge >= 0.3 is 0 Å². The Morgan fingerprint density at radius 3 is 2.41 bits per heavy atom. The summed E-state index contributed by atoms with van der Waals surface area (Å²) in [7, 11) is 0. The van der Waals surface area contributed by atoms with Gasteiger partial charge in [0.2, 0.25) is 0 Å². The zero-order valence-corrected chi connectivity index (χ0v) is 10.8. The first-order valence-electron chi connectivity index (χ1n) is 6.18. The molecule has 3 nitrogen and oxygen atoms in total. The van der Waals surface area contributed by atoms with E-state index in [0.29, 0.717) is 0 Å². The highest BCUT2D eigenvalue weighted by Crippen LogP contribution is 2.18. The van der Waals surface area contributed by atoms with Gasteiger partial charge in [-0.15, -0.1) is 0 Å². The SMILES string of the molecule is Cc1ccc(C(=O)N2CCNCC2)c(C)c1C. The first-order chi connectivity index (χ1) is 8.11. The van der Waals surface area contributed by atoms with Gasteiger partial charge in [-0.2, -0.15) is 0 Å². The third kappa shape index (κ3) is 2.34. The molecule has 0 aliphatic carbocycles. The molecule has 0 saturated carbocycles. The third-order valence-corrected chi connectivity index (χ3v) is 3.69. The molecule has 0 spiro atoms. The Kier molecular flexibility index (Phi) is 3.48. The van der Waals surface area contributed by atoms with E-state index in [1.165, 1.54) is 11.1 Å². The van der Waals surface area contributed by atoms with Gasteiger partial charge in [-0.05, 0) is 43.5 Å². The van der Waals surface area contributed by atoms with Gasteiger partial charge in [-0.1, -0.05) is 6.07 Å². The van der Waals surface area contributed by atoms with Gasteiger partial charge in [0.05, 0.1) is 0 Å². The molecule has 0 radical (unpaired) electrons. The summed E-state index contributed by atoms with van der Waals surface area (Å²) in [5.74, 6) is 0.173. The third-order valence-electron chi connectivity index (χ3n) is 3.69. The lowest BCUT2D eigenvalue weighted by Crippen LogP contribution is -2.46. The van der Waals surface area contributed by atoms with Crippen molar-refractivity contribution in [3.63, 3.8) is 0 Å². The fraction of sp³-hybridized carbons (Fsp3) is 0.500. The maximum absolute atomic E-state index is 12.4. The maximum atomic E-state index is 12.4. The van der Waals surface area contributed by atoms with Crippen LogP contribution in [0.2, 0.25) is 0 Å². The number of carbonyl (C=O) groups excluding carboxylic acids is 1. The zero-order valence-electron chi connectivity index (χ0n) is 10.8. The van der Waals surface area contributed by atoms with E-state index in [1.807, 2.05) is 24.0 Å². The van der Waals surface area contributed by atoms with E-state index in [1.54, 1.807) is 0 Å². The molecule has 2 rings (SSSR count). The normalized spacial score (nSPS) is 16.1. The standard InChI is InChI=1S/C14H20N2O/c1-10-4-5-13(12(3)11(10)2)14(17)16-8-6-15-7-9-16/h4-5,15H,6-9H2,1-3H3. The summed E-state index contributed by atoms with van der Waals surface area (Å²) in [4.78, 5) is 14.3.